The van der Waals surface area contributed by atoms with Crippen LogP contribution < -0.4 is 21.5 Å². The normalized spacial score (nSPS) is 21.3. The maximum atomic E-state index is 13.3. The molecule has 6 aromatic heterocycles. The summed E-state index contributed by atoms with van der Waals surface area (Å²) in [7, 11) is -7.89. The number of hydrogen-bond acceptors (Lipinski definition) is 24. The molecule has 9 atom stereocenters. The van der Waals surface area contributed by atoms with E-state index in [1.54, 1.807) is 12.3 Å². The van der Waals surface area contributed by atoms with E-state index in [9.17, 15) is 38.1 Å². The van der Waals surface area contributed by atoms with Crippen LogP contribution in [-0.4, -0.2) is 137 Å². The Morgan fingerprint density at radius 1 is 0.611 bits per heavy atom. The highest BCUT2D eigenvalue weighted by Gasteiger charge is 2.40. The fourth-order valence-corrected chi connectivity index (χ4v) is 16.3. The largest absolute Gasteiger partial charge is 0.412 e. The van der Waals surface area contributed by atoms with Crippen LogP contribution in [-0.2, 0) is 43.2 Å². The molecule has 6 heterocycles. The van der Waals surface area contributed by atoms with Crippen molar-refractivity contribution in [1.82, 2.24) is 29.9 Å². The maximum Gasteiger partial charge on any atom is 0.333 e. The molecule has 3 saturated carbocycles. The monoisotopic (exact) mass is 1500 g/mol. The van der Waals surface area contributed by atoms with Crippen molar-refractivity contribution in [1.29, 1.82) is 0 Å². The van der Waals surface area contributed by atoms with Gasteiger partial charge in [-0.2, -0.15) is 8.42 Å². The second-order valence-corrected chi connectivity index (χ2v) is 43.2. The molecule has 3 aliphatic rings. The van der Waals surface area contributed by atoms with Crippen molar-refractivity contribution >= 4 is 136 Å². The Labute approximate surface area is 592 Å². The third kappa shape index (κ3) is 22.8. The zero-order valence-corrected chi connectivity index (χ0v) is 63.2. The Kier molecular flexibility index (Phi) is 30.5. The SMILES string of the molecule is C.CC(C)(C)[Si](C)(C)OCc1cc(C(=O)c2cncnc2Cl)sc1Cl.C[C@H]1C[C@H](N)C[C@@H]1CO.C[C@H]1C[C@H](Nc2ncncc2C(=O)c2cc(CO[Si](C)(C)C(C)(C)C)c(Cl)s2)C[C@@H]1CO.NS(=O)(=O)OC[C@H]1C[C@@H](Nc2ncncc2C(=O)c2cc(CO)c(Cl)s2)C[C@@H]1O. The van der Waals surface area contributed by atoms with E-state index in [1.165, 1.54) is 60.1 Å². The summed E-state index contributed by atoms with van der Waals surface area (Å²) in [6, 6.07) is 5.37. The molecule has 32 heteroatoms. The minimum atomic E-state index is -4.09. The molecule has 526 valence electrons. The Hall–Kier alpha value is -3.87. The number of thiophene rings is 3. The molecule has 9 rings (SSSR count). The Balaban J connectivity index is 0.000000242. The highest BCUT2D eigenvalue weighted by Crippen LogP contribution is 2.42. The van der Waals surface area contributed by atoms with Crippen molar-refractivity contribution in [3.8, 4) is 0 Å². The molecule has 0 aromatic carbocycles. The second-order valence-electron chi connectivity index (χ2n) is 27.1. The molecule has 0 radical (unpaired) electrons. The van der Waals surface area contributed by atoms with Gasteiger partial charge in [0.15, 0.2) is 16.6 Å². The van der Waals surface area contributed by atoms with Crippen molar-refractivity contribution in [2.45, 2.75) is 182 Å². The molecule has 0 amide bonds. The fraction of sp³-hybridized carbons (Fsp3) is 0.571. The average molecular weight is 1510 g/mol. The summed E-state index contributed by atoms with van der Waals surface area (Å²) in [5, 5.41) is 49.5. The number of halogens is 4. The van der Waals surface area contributed by atoms with Gasteiger partial charge in [-0.3, -0.25) is 18.6 Å². The van der Waals surface area contributed by atoms with Gasteiger partial charge in [0.2, 0.25) is 17.3 Å². The fourth-order valence-electron chi connectivity index (χ4n) is 10.2. The molecule has 0 bridgehead atoms. The number of aliphatic hydroxyl groups excluding tert-OH is 4. The van der Waals surface area contributed by atoms with Crippen molar-refractivity contribution in [2.75, 3.05) is 30.5 Å². The lowest BCUT2D eigenvalue weighted by atomic mass is 10.00. The second kappa shape index (κ2) is 35.4. The predicted octanol–water partition coefficient (Wildman–Crippen LogP) is 13.0. The number of carbonyl (C=O) groups is 3. The van der Waals surface area contributed by atoms with Gasteiger partial charge in [0, 0.05) is 72.5 Å². The Bertz CT molecular complexity index is 3650. The van der Waals surface area contributed by atoms with Gasteiger partial charge in [-0.05, 0) is 117 Å². The van der Waals surface area contributed by atoms with E-state index in [0.29, 0.717) is 101 Å². The molecule has 22 nitrogen and oxygen atoms in total. The number of aliphatic hydroxyl groups is 4. The van der Waals surface area contributed by atoms with Crippen LogP contribution in [0.4, 0.5) is 11.6 Å². The number of ketones is 3. The number of nitrogens with zero attached hydrogens (tertiary/aromatic N) is 6. The van der Waals surface area contributed by atoms with Gasteiger partial charge in [-0.15, -0.1) is 34.0 Å². The van der Waals surface area contributed by atoms with Gasteiger partial charge in [-0.1, -0.05) is 109 Å². The molecular formula is C63H92Cl4N10O12S4Si2. The lowest BCUT2D eigenvalue weighted by molar-refractivity contribution is 0.100. The summed E-state index contributed by atoms with van der Waals surface area (Å²) in [4.78, 5) is 64.2. The number of hydrogen-bond donors (Lipinski definition) is 8. The highest BCUT2D eigenvalue weighted by molar-refractivity contribution is 7.84. The number of nitrogens with one attached hydrogen (secondary N) is 2. The van der Waals surface area contributed by atoms with Crippen molar-refractivity contribution < 1.29 is 56.3 Å². The van der Waals surface area contributed by atoms with E-state index in [1.807, 2.05) is 6.07 Å². The van der Waals surface area contributed by atoms with Crippen LogP contribution in [0, 0.1) is 29.6 Å². The van der Waals surface area contributed by atoms with E-state index >= 15 is 0 Å². The lowest BCUT2D eigenvalue weighted by Crippen LogP contribution is -2.40. The first-order valence-corrected chi connectivity index (χ1v) is 41.9. The zero-order chi connectivity index (χ0) is 69.8. The number of carbonyl (C=O) groups excluding carboxylic acids is 3. The van der Waals surface area contributed by atoms with Gasteiger partial charge < -0.3 is 45.6 Å². The highest BCUT2D eigenvalue weighted by atomic mass is 35.5. The molecule has 95 heavy (non-hydrogen) atoms. The topological polar surface area (TPSA) is 347 Å². The van der Waals surface area contributed by atoms with E-state index < -0.39 is 39.0 Å². The molecule has 6 aromatic rings. The molecule has 0 aliphatic heterocycles. The summed E-state index contributed by atoms with van der Waals surface area (Å²) < 4.78 is 40.4. The number of nitrogens with two attached hydrogens (primary N) is 2. The van der Waals surface area contributed by atoms with Gasteiger partial charge in [0.25, 0.3) is 0 Å². The summed E-state index contributed by atoms with van der Waals surface area (Å²) in [5.74, 6) is 1.45. The third-order valence-electron chi connectivity index (χ3n) is 18.1. The number of rotatable bonds is 22. The molecule has 0 unspecified atom stereocenters. The predicted molar refractivity (Wildman–Crippen MR) is 385 cm³/mol. The summed E-state index contributed by atoms with van der Waals surface area (Å²) in [6.07, 6.45) is 12.2. The van der Waals surface area contributed by atoms with Gasteiger partial charge >= 0.3 is 10.3 Å². The van der Waals surface area contributed by atoms with E-state index in [-0.39, 0.29) is 94.8 Å². The smallest absolute Gasteiger partial charge is 0.333 e. The number of aromatic nitrogens is 6. The Morgan fingerprint density at radius 2 is 1.00 bits per heavy atom. The van der Waals surface area contributed by atoms with Crippen molar-refractivity contribution in [3.05, 3.63) is 122 Å². The van der Waals surface area contributed by atoms with E-state index in [4.69, 9.17) is 71.2 Å². The van der Waals surface area contributed by atoms with E-state index in [0.717, 1.165) is 48.1 Å². The van der Waals surface area contributed by atoms with Crippen LogP contribution in [0.1, 0.15) is 164 Å². The molecule has 3 aliphatic carbocycles. The van der Waals surface area contributed by atoms with Crippen LogP contribution in [0.25, 0.3) is 0 Å². The average Bonchev–Trinajstić information content (AvgIpc) is 1.75. The Morgan fingerprint density at radius 3 is 1.38 bits per heavy atom. The van der Waals surface area contributed by atoms with Crippen LogP contribution in [0.5, 0.6) is 0 Å². The quantitative estimate of drug-likeness (QED) is 0.0178. The van der Waals surface area contributed by atoms with E-state index in [2.05, 4.69) is 126 Å². The van der Waals surface area contributed by atoms with Gasteiger partial charge in [-0.25, -0.2) is 35.0 Å². The van der Waals surface area contributed by atoms with Crippen molar-refractivity contribution in [3.63, 3.8) is 0 Å². The van der Waals surface area contributed by atoms with Crippen LogP contribution >= 0.6 is 80.4 Å². The molecule has 0 spiro atoms. The first kappa shape index (κ1) is 81.8. The first-order valence-electron chi connectivity index (χ1n) is 30.7. The molecule has 0 saturated heterocycles. The van der Waals surface area contributed by atoms with Crippen molar-refractivity contribution in [2.24, 2.45) is 40.5 Å². The first-order chi connectivity index (χ1) is 43.9. The minimum Gasteiger partial charge on any atom is -0.412 e. The summed E-state index contributed by atoms with van der Waals surface area (Å²) >= 11 is 28.3. The zero-order valence-electron chi connectivity index (χ0n) is 54.9. The minimum absolute atomic E-state index is 0. The number of anilines is 2. The third-order valence-corrected chi connectivity index (χ3v) is 32.2. The standard InChI is InChI=1S/C23H34ClN3O3SSi.C16H20Cl2N2O2SSi.C16H19ClN4O6S2.C7H15NO.CH4/c1-14-7-17(8-15(14)11-28)27-22-18(10-25-13-26-22)20(29)19-9-16(21(24)31-19)12-30-32(5,6)23(2,3)4;1-16(2,3)24(4,5)22-8-10-6-12(23-15(10)18)13(21)11-7-19-9-20-14(11)17;17-15-8(5-22)2-13(28-15)14(24)11-4-19-7-20-16(11)21-10-1-9(12(23)3-10)6-27-29(18,25)26;1-5-2-7(8)3-6(5)4-9;/h9-10,13-15,17,28H,7-8,11-12H2,1-6H3,(H,25,26,27);6-7,9H,8H2,1-5H3;2,4,7,9-10,12,22-23H,1,3,5-6H2,(H2,18,25,26)(H,19,20,21);5-7,9H,2-4,8H2,1H3;1H4/t14-,15+,17-;;9-,10-,12+;5-,6+,7-;/m0.10./s1. The maximum absolute atomic E-state index is 13.3. The summed E-state index contributed by atoms with van der Waals surface area (Å²) in [6.45, 7) is 27.0. The molecule has 10 N–H and O–H groups in total. The van der Waals surface area contributed by atoms with Crippen LogP contribution in [0.3, 0.4) is 0 Å². The van der Waals surface area contributed by atoms with Crippen LogP contribution in [0.2, 0.25) is 54.4 Å². The van der Waals surface area contributed by atoms with Gasteiger partial charge in [0.1, 0.15) is 35.8 Å². The molecular weight excluding hydrogens is 1420 g/mol. The van der Waals surface area contributed by atoms with Gasteiger partial charge in [0.05, 0.1) is 76.9 Å². The molecule has 3 fully saturated rings. The lowest BCUT2D eigenvalue weighted by Gasteiger charge is -2.36. The van der Waals surface area contributed by atoms with Crippen LogP contribution in [0.15, 0.2) is 55.8 Å². The summed E-state index contributed by atoms with van der Waals surface area (Å²) in [5.41, 5.74) is 8.72.